The van der Waals surface area contributed by atoms with Crippen molar-refractivity contribution >= 4 is 11.6 Å². The quantitative estimate of drug-likeness (QED) is 0.729. The van der Waals surface area contributed by atoms with E-state index in [1.165, 1.54) is 0 Å². The van der Waals surface area contributed by atoms with E-state index in [0.717, 1.165) is 39.2 Å². The Kier molecular flexibility index (Phi) is 4.63. The third-order valence-electron chi connectivity index (χ3n) is 2.84. The predicted molar refractivity (Wildman–Crippen MR) is 63.7 cm³/mol. The minimum Gasteiger partial charge on any atom is -0.374 e. The van der Waals surface area contributed by atoms with Crippen LogP contribution in [-0.4, -0.2) is 52.7 Å². The average molecular weight is 244 g/mol. The van der Waals surface area contributed by atoms with Crippen LogP contribution in [0.1, 0.15) is 6.42 Å². The number of ether oxygens (including phenoxy) is 1. The van der Waals surface area contributed by atoms with Gasteiger partial charge >= 0.3 is 0 Å². The molecule has 1 unspecified atom stereocenters. The summed E-state index contributed by atoms with van der Waals surface area (Å²) in [6.45, 7) is 4.94. The van der Waals surface area contributed by atoms with Crippen LogP contribution in [0.2, 0.25) is 0 Å². The molecule has 0 bridgehead atoms. The molecule has 0 spiro atoms. The van der Waals surface area contributed by atoms with E-state index in [4.69, 9.17) is 16.3 Å². The van der Waals surface area contributed by atoms with Gasteiger partial charge in [-0.05, 0) is 6.42 Å². The molecule has 90 valence electrons. The minimum atomic E-state index is 0.212. The maximum atomic E-state index is 5.80. The first kappa shape index (κ1) is 11.9. The van der Waals surface area contributed by atoms with Gasteiger partial charge in [0.05, 0.1) is 19.0 Å². The Morgan fingerprint density at radius 3 is 3.12 bits per heavy atom. The number of rotatable bonds is 5. The molecule has 2 heterocycles. The summed E-state index contributed by atoms with van der Waals surface area (Å²) in [4.78, 5) is 6.45. The van der Waals surface area contributed by atoms with Gasteiger partial charge in [0.2, 0.25) is 0 Å². The van der Waals surface area contributed by atoms with Crippen LogP contribution in [0.15, 0.2) is 18.7 Å². The van der Waals surface area contributed by atoms with Crippen LogP contribution in [0, 0.1) is 0 Å². The Balaban J connectivity index is 1.65. The topological polar surface area (TPSA) is 30.3 Å². The Hall–Kier alpha value is -0.580. The molecule has 0 radical (unpaired) electrons. The second-order valence-electron chi connectivity index (χ2n) is 4.10. The average Bonchev–Trinajstić information content (AvgIpc) is 2.82. The molecular formula is C11H18ClN3O. The van der Waals surface area contributed by atoms with Crippen molar-refractivity contribution in [2.45, 2.75) is 19.1 Å². The number of morpholine rings is 1. The molecule has 2 rings (SSSR count). The lowest BCUT2D eigenvalue weighted by Crippen LogP contribution is -2.43. The number of halogens is 1. The lowest BCUT2D eigenvalue weighted by Gasteiger charge is -2.31. The highest BCUT2D eigenvalue weighted by atomic mass is 35.5. The van der Waals surface area contributed by atoms with Crippen molar-refractivity contribution in [1.82, 2.24) is 14.5 Å². The van der Waals surface area contributed by atoms with Crippen LogP contribution in [0.4, 0.5) is 0 Å². The zero-order valence-corrected chi connectivity index (χ0v) is 10.1. The van der Waals surface area contributed by atoms with Gasteiger partial charge in [0.1, 0.15) is 0 Å². The van der Waals surface area contributed by atoms with E-state index >= 15 is 0 Å². The highest BCUT2D eigenvalue weighted by Gasteiger charge is 2.18. The second-order valence-corrected chi connectivity index (χ2v) is 4.41. The summed E-state index contributed by atoms with van der Waals surface area (Å²) in [5, 5.41) is 0. The maximum absolute atomic E-state index is 5.80. The van der Waals surface area contributed by atoms with Gasteiger partial charge in [-0.2, -0.15) is 0 Å². The van der Waals surface area contributed by atoms with Gasteiger partial charge in [0, 0.05) is 44.5 Å². The molecule has 4 nitrogen and oxygen atoms in total. The van der Waals surface area contributed by atoms with Crippen LogP contribution < -0.4 is 0 Å². The molecule has 1 aliphatic heterocycles. The maximum Gasteiger partial charge on any atom is 0.0945 e. The van der Waals surface area contributed by atoms with Gasteiger partial charge in [0.15, 0.2) is 0 Å². The van der Waals surface area contributed by atoms with Gasteiger partial charge in [-0.25, -0.2) is 4.98 Å². The second kappa shape index (κ2) is 6.23. The molecule has 1 atom stereocenters. The summed E-state index contributed by atoms with van der Waals surface area (Å²) in [5.41, 5.74) is 0. The number of hydrogen-bond donors (Lipinski definition) is 0. The zero-order chi connectivity index (χ0) is 11.2. The number of alkyl halides is 1. The number of hydrogen-bond acceptors (Lipinski definition) is 3. The van der Waals surface area contributed by atoms with E-state index in [1.807, 2.05) is 18.7 Å². The molecule has 16 heavy (non-hydrogen) atoms. The molecule has 1 saturated heterocycles. The van der Waals surface area contributed by atoms with Gasteiger partial charge in [-0.1, -0.05) is 0 Å². The molecule has 0 amide bonds. The molecule has 0 aromatic carbocycles. The summed E-state index contributed by atoms with van der Waals surface area (Å²) in [5.74, 6) is 0.595. The van der Waals surface area contributed by atoms with Crippen LogP contribution in [0.3, 0.4) is 0 Å². The Bertz CT molecular complexity index is 291. The Morgan fingerprint density at radius 2 is 2.38 bits per heavy atom. The normalized spacial score (nSPS) is 22.4. The van der Waals surface area contributed by atoms with Crippen LogP contribution >= 0.6 is 11.6 Å². The SMILES string of the molecule is ClCC1CN(CCCn2ccnc2)CCO1. The van der Waals surface area contributed by atoms with E-state index in [-0.39, 0.29) is 6.10 Å². The number of aryl methyl sites for hydroxylation is 1. The molecule has 1 fully saturated rings. The summed E-state index contributed by atoms with van der Waals surface area (Å²) < 4.78 is 7.63. The highest BCUT2D eigenvalue weighted by Crippen LogP contribution is 2.07. The number of aromatic nitrogens is 2. The number of imidazole rings is 1. The summed E-state index contributed by atoms with van der Waals surface area (Å²) in [6, 6.07) is 0. The Morgan fingerprint density at radius 1 is 1.44 bits per heavy atom. The number of nitrogens with zero attached hydrogens (tertiary/aromatic N) is 3. The molecule has 1 aliphatic rings. The van der Waals surface area contributed by atoms with Gasteiger partial charge in [0.25, 0.3) is 0 Å². The summed E-state index contributed by atoms with van der Waals surface area (Å²) in [6.07, 6.45) is 7.04. The van der Waals surface area contributed by atoms with E-state index in [9.17, 15) is 0 Å². The molecule has 0 aliphatic carbocycles. The largest absolute Gasteiger partial charge is 0.374 e. The van der Waals surface area contributed by atoms with Crippen molar-refractivity contribution in [2.75, 3.05) is 32.1 Å². The van der Waals surface area contributed by atoms with Crippen molar-refractivity contribution in [3.63, 3.8) is 0 Å². The fourth-order valence-corrected chi connectivity index (χ4v) is 2.16. The van der Waals surface area contributed by atoms with Gasteiger partial charge in [-0.15, -0.1) is 11.6 Å². The lowest BCUT2D eigenvalue weighted by atomic mass is 10.3. The predicted octanol–water partition coefficient (Wildman–Crippen LogP) is 1.21. The van der Waals surface area contributed by atoms with Crippen molar-refractivity contribution in [2.24, 2.45) is 0 Å². The van der Waals surface area contributed by atoms with E-state index in [1.54, 1.807) is 0 Å². The molecular weight excluding hydrogens is 226 g/mol. The lowest BCUT2D eigenvalue weighted by molar-refractivity contribution is -0.0169. The van der Waals surface area contributed by atoms with Gasteiger partial charge < -0.3 is 9.30 Å². The molecule has 1 aromatic rings. The van der Waals surface area contributed by atoms with Crippen molar-refractivity contribution in [3.05, 3.63) is 18.7 Å². The molecule has 5 heteroatoms. The van der Waals surface area contributed by atoms with Crippen LogP contribution in [0.5, 0.6) is 0 Å². The van der Waals surface area contributed by atoms with E-state index in [2.05, 4.69) is 14.5 Å². The molecule has 1 aromatic heterocycles. The fraction of sp³-hybridized carbons (Fsp3) is 0.727. The zero-order valence-electron chi connectivity index (χ0n) is 9.39. The van der Waals surface area contributed by atoms with E-state index in [0.29, 0.717) is 5.88 Å². The van der Waals surface area contributed by atoms with Crippen molar-refractivity contribution in [1.29, 1.82) is 0 Å². The standard InChI is InChI=1S/C11H18ClN3O/c12-8-11-9-14(6-7-16-11)3-1-4-15-5-2-13-10-15/h2,5,10-11H,1,3-4,6-9H2. The first-order chi connectivity index (χ1) is 7.88. The van der Waals surface area contributed by atoms with Gasteiger partial charge in [-0.3, -0.25) is 4.90 Å². The minimum absolute atomic E-state index is 0.212. The molecule has 0 saturated carbocycles. The first-order valence-corrected chi connectivity index (χ1v) is 6.27. The fourth-order valence-electron chi connectivity index (χ4n) is 1.97. The monoisotopic (exact) mass is 243 g/mol. The van der Waals surface area contributed by atoms with E-state index < -0.39 is 0 Å². The summed E-state index contributed by atoms with van der Waals surface area (Å²) in [7, 11) is 0. The smallest absolute Gasteiger partial charge is 0.0945 e. The molecule has 0 N–H and O–H groups in total. The van der Waals surface area contributed by atoms with Crippen LogP contribution in [0.25, 0.3) is 0 Å². The Labute approximate surface area is 101 Å². The third kappa shape index (κ3) is 3.47. The van der Waals surface area contributed by atoms with Crippen molar-refractivity contribution < 1.29 is 4.74 Å². The van der Waals surface area contributed by atoms with Crippen LogP contribution in [-0.2, 0) is 11.3 Å². The highest BCUT2D eigenvalue weighted by molar-refractivity contribution is 6.18. The van der Waals surface area contributed by atoms with Crippen molar-refractivity contribution in [3.8, 4) is 0 Å². The summed E-state index contributed by atoms with van der Waals surface area (Å²) >= 11 is 5.80. The third-order valence-corrected chi connectivity index (χ3v) is 3.19. The first-order valence-electron chi connectivity index (χ1n) is 5.74.